The number of hydrogen-bond donors (Lipinski definition) is 1. The van der Waals surface area contributed by atoms with Crippen LogP contribution in [-0.2, 0) is 21.6 Å². The maximum Gasteiger partial charge on any atom is 0.422 e. The van der Waals surface area contributed by atoms with Crippen LogP contribution < -0.4 is 5.56 Å². The number of hydrogen-bond acceptors (Lipinski definition) is 7. The van der Waals surface area contributed by atoms with Gasteiger partial charge in [0.15, 0.2) is 0 Å². The number of fused-ring (bicyclic) bond motifs is 1. The molecule has 2 unspecified atom stereocenters. The van der Waals surface area contributed by atoms with Gasteiger partial charge in [-0.25, -0.2) is 5.10 Å². The maximum atomic E-state index is 12.9. The van der Waals surface area contributed by atoms with Gasteiger partial charge in [0.05, 0.1) is 17.9 Å². The first-order chi connectivity index (χ1) is 22.4. The van der Waals surface area contributed by atoms with Crippen LogP contribution in [0.5, 0.6) is 0 Å². The van der Waals surface area contributed by atoms with Gasteiger partial charge in [-0.15, -0.1) is 0 Å². The molecule has 0 bridgehead atoms. The summed E-state index contributed by atoms with van der Waals surface area (Å²) < 4.78 is 43.6. The molecule has 0 fully saturated rings. The molecule has 0 aromatic carbocycles. The molecule has 1 amide bonds. The summed E-state index contributed by atoms with van der Waals surface area (Å²) in [7, 11) is 0. The van der Waals surface area contributed by atoms with Gasteiger partial charge in [-0.05, 0) is 74.7 Å². The third-order valence-corrected chi connectivity index (χ3v) is 7.59. The van der Waals surface area contributed by atoms with E-state index in [4.69, 9.17) is 9.44 Å². The van der Waals surface area contributed by atoms with E-state index >= 15 is 0 Å². The van der Waals surface area contributed by atoms with E-state index in [0.29, 0.717) is 17.7 Å². The second-order valence-corrected chi connectivity index (χ2v) is 11.7. The van der Waals surface area contributed by atoms with Gasteiger partial charge in [-0.1, -0.05) is 74.7 Å². The average Bonchev–Trinajstić information content (AvgIpc) is 3.49. The second-order valence-electron chi connectivity index (χ2n) is 10.7. The zero-order valence-electron chi connectivity index (χ0n) is 30.0. The molecule has 2 atom stereocenters. The SMILES string of the molecule is CC.CCC(C)C1CCc2c1n[nH]c(=O)c2C(F)(F)F.CCCCCN(C=O)CCC.CCCOSCC.Cc1ccc(C#N)cn1. The minimum Gasteiger partial charge on any atom is -0.345 e. The number of nitriles is 1. The average molecular weight is 686 g/mol. The highest BCUT2D eigenvalue weighted by Gasteiger charge is 2.41. The molecule has 8 nitrogen and oxygen atoms in total. The second kappa shape index (κ2) is 28.1. The molecule has 2 aromatic heterocycles. The van der Waals surface area contributed by atoms with E-state index in [2.05, 4.69) is 37.8 Å². The normalized spacial score (nSPS) is 13.4. The Hall–Kier alpha value is -2.91. The lowest BCUT2D eigenvalue weighted by Gasteiger charge is -2.17. The first-order valence-electron chi connectivity index (χ1n) is 16.9. The molecule has 0 spiro atoms. The summed E-state index contributed by atoms with van der Waals surface area (Å²) in [5.41, 5.74) is -0.119. The van der Waals surface area contributed by atoms with Crippen molar-refractivity contribution in [3.05, 3.63) is 56.8 Å². The molecule has 2 aromatic rings. The van der Waals surface area contributed by atoms with Gasteiger partial charge < -0.3 is 9.08 Å². The molecule has 12 heteroatoms. The van der Waals surface area contributed by atoms with Crippen LogP contribution in [-0.4, -0.2) is 51.9 Å². The number of aryl methyl sites for hydroxylation is 1. The molecule has 1 N–H and O–H groups in total. The van der Waals surface area contributed by atoms with Crippen molar-refractivity contribution in [1.29, 1.82) is 5.26 Å². The largest absolute Gasteiger partial charge is 0.422 e. The molecular weight excluding hydrogens is 627 g/mol. The number of aromatic nitrogens is 3. The fourth-order valence-electron chi connectivity index (χ4n) is 4.46. The van der Waals surface area contributed by atoms with Gasteiger partial charge in [0.25, 0.3) is 5.56 Å². The summed E-state index contributed by atoms with van der Waals surface area (Å²) in [4.78, 5) is 27.5. The minimum atomic E-state index is -4.61. The number of nitrogens with zero attached hydrogens (tertiary/aromatic N) is 4. The maximum absolute atomic E-state index is 12.9. The van der Waals surface area contributed by atoms with Gasteiger partial charge in [0.2, 0.25) is 6.41 Å². The zero-order valence-corrected chi connectivity index (χ0v) is 30.8. The number of unbranched alkanes of at least 4 members (excludes halogenated alkanes) is 2. The number of alkyl halides is 3. The van der Waals surface area contributed by atoms with Gasteiger partial charge in [0.1, 0.15) is 11.6 Å². The summed E-state index contributed by atoms with van der Waals surface area (Å²) >= 11 is 1.53. The van der Waals surface area contributed by atoms with Crippen molar-refractivity contribution in [2.24, 2.45) is 5.92 Å². The van der Waals surface area contributed by atoms with Crippen molar-refractivity contribution in [2.45, 2.75) is 126 Å². The first-order valence-corrected chi connectivity index (χ1v) is 17.8. The quantitative estimate of drug-likeness (QED) is 0.127. The predicted octanol–water partition coefficient (Wildman–Crippen LogP) is 9.28. The van der Waals surface area contributed by atoms with Crippen molar-refractivity contribution < 1.29 is 22.1 Å². The van der Waals surface area contributed by atoms with Crippen molar-refractivity contribution in [2.75, 3.05) is 25.4 Å². The summed E-state index contributed by atoms with van der Waals surface area (Å²) in [5.74, 6) is 1.34. The highest BCUT2D eigenvalue weighted by Crippen LogP contribution is 2.42. The van der Waals surface area contributed by atoms with Gasteiger partial charge in [0, 0.05) is 36.7 Å². The number of pyridine rings is 1. The number of halogens is 3. The van der Waals surface area contributed by atoms with Crippen molar-refractivity contribution in [1.82, 2.24) is 20.1 Å². The van der Waals surface area contributed by atoms with Crippen LogP contribution >= 0.6 is 12.0 Å². The monoisotopic (exact) mass is 685 g/mol. The highest BCUT2D eigenvalue weighted by atomic mass is 32.2. The molecule has 1 aliphatic rings. The Morgan fingerprint density at radius 2 is 1.81 bits per heavy atom. The summed E-state index contributed by atoms with van der Waals surface area (Å²) in [6, 6.07) is 5.56. The number of rotatable bonds is 13. The van der Waals surface area contributed by atoms with E-state index < -0.39 is 17.3 Å². The van der Waals surface area contributed by atoms with Crippen molar-refractivity contribution >= 4 is 18.5 Å². The minimum absolute atomic E-state index is 0.0166. The Bertz CT molecular complexity index is 1170. The molecule has 0 saturated heterocycles. The van der Waals surface area contributed by atoms with Crippen LogP contribution in [0, 0.1) is 24.2 Å². The number of aromatic amines is 1. The standard InChI is InChI=1S/C12H15F3N2O.C9H19NO.C7H6N2.C5H12OS.C2H6/c1-3-6(2)7-4-5-8-9(12(13,14)15)11(18)17-16-10(7)8;1-3-5-6-8-10(9-11)7-4-2;1-6-2-3-7(4-8)5-9-6;1-3-5-6-7-4-2;1-2/h6-7H,3-5H2,1-2H3,(H,17,18);9H,3-8H2,1-2H3;2-3,5H,1H3;3-5H2,1-2H3;1-2H3. The third kappa shape index (κ3) is 19.5. The fraction of sp³-hybridized carbons (Fsp3) is 0.686. The summed E-state index contributed by atoms with van der Waals surface area (Å²) in [6.45, 7) is 21.1. The van der Waals surface area contributed by atoms with Crippen molar-refractivity contribution in [3.8, 4) is 6.07 Å². The number of H-pyrrole nitrogens is 1. The summed E-state index contributed by atoms with van der Waals surface area (Å²) in [6.07, 6.45) is 5.50. The van der Waals surface area contributed by atoms with Crippen LogP contribution in [0.15, 0.2) is 23.1 Å². The zero-order chi connectivity index (χ0) is 36.3. The van der Waals surface area contributed by atoms with E-state index in [9.17, 15) is 22.8 Å². The van der Waals surface area contributed by atoms with Gasteiger partial charge in [-0.2, -0.15) is 23.5 Å². The number of carbonyl (C=O) groups is 1. The topological polar surface area (TPSA) is 112 Å². The van der Waals surface area contributed by atoms with E-state index in [1.54, 1.807) is 12.3 Å². The Morgan fingerprint density at radius 1 is 1.13 bits per heavy atom. The molecule has 0 radical (unpaired) electrons. The predicted molar refractivity (Wildman–Crippen MR) is 187 cm³/mol. The number of amides is 1. The molecule has 0 saturated carbocycles. The van der Waals surface area contributed by atoms with Gasteiger partial charge in [-0.3, -0.25) is 14.6 Å². The molecule has 268 valence electrons. The van der Waals surface area contributed by atoms with E-state index in [1.165, 1.54) is 24.9 Å². The Morgan fingerprint density at radius 3 is 2.28 bits per heavy atom. The van der Waals surface area contributed by atoms with E-state index in [0.717, 1.165) is 63.2 Å². The number of nitrogens with one attached hydrogen (secondary N) is 1. The Labute approximate surface area is 285 Å². The Kier molecular flexibility index (Phi) is 27.7. The van der Waals surface area contributed by atoms with Crippen LogP contribution in [0.4, 0.5) is 13.2 Å². The molecular formula is C35H58F3N5O3S. The first kappa shape index (κ1) is 46.2. The lowest BCUT2D eigenvalue weighted by molar-refractivity contribution is -0.139. The van der Waals surface area contributed by atoms with E-state index in [-0.39, 0.29) is 23.8 Å². The molecule has 0 aliphatic heterocycles. The third-order valence-electron chi connectivity index (χ3n) is 7.02. The van der Waals surface area contributed by atoms with Crippen LogP contribution in [0.2, 0.25) is 0 Å². The van der Waals surface area contributed by atoms with Gasteiger partial charge >= 0.3 is 6.18 Å². The summed E-state index contributed by atoms with van der Waals surface area (Å²) in [5, 5.41) is 14.2. The highest BCUT2D eigenvalue weighted by molar-refractivity contribution is 7.94. The van der Waals surface area contributed by atoms with Crippen LogP contribution in [0.1, 0.15) is 134 Å². The van der Waals surface area contributed by atoms with E-state index in [1.807, 2.05) is 56.8 Å². The smallest absolute Gasteiger partial charge is 0.345 e. The van der Waals surface area contributed by atoms with Crippen LogP contribution in [0.25, 0.3) is 0 Å². The molecule has 47 heavy (non-hydrogen) atoms. The lowest BCUT2D eigenvalue weighted by Crippen LogP contribution is -2.26. The number of carbonyl (C=O) groups excluding carboxylic acids is 1. The van der Waals surface area contributed by atoms with Crippen LogP contribution in [0.3, 0.4) is 0 Å². The fourth-order valence-corrected chi connectivity index (χ4v) is 4.91. The molecule has 2 heterocycles. The Balaban J connectivity index is 0. The van der Waals surface area contributed by atoms with Crippen molar-refractivity contribution in [3.63, 3.8) is 0 Å². The lowest BCUT2D eigenvalue weighted by atomic mass is 9.90. The molecule has 1 aliphatic carbocycles. The molecule has 3 rings (SSSR count).